The SMILES string of the molecule is Cc1cc(C[N@+]2(C(=O)O)CCC(N3CCc4ccccc4NC3=O)CC2(CC=O)N2CCC(N(C)C)CC2)cc(C)c1Cl. The van der Waals surface area contributed by atoms with Crippen LogP contribution in [0.1, 0.15) is 54.4 Å². The van der Waals surface area contributed by atoms with Crippen molar-refractivity contribution in [1.82, 2.24) is 14.7 Å². The van der Waals surface area contributed by atoms with Crippen molar-refractivity contribution >= 4 is 35.7 Å². The molecule has 9 nitrogen and oxygen atoms in total. The van der Waals surface area contributed by atoms with Crippen LogP contribution < -0.4 is 5.32 Å². The van der Waals surface area contributed by atoms with Gasteiger partial charge in [0, 0.05) is 60.8 Å². The van der Waals surface area contributed by atoms with Crippen LogP contribution in [-0.4, -0.2) is 101 Å². The highest BCUT2D eigenvalue weighted by atomic mass is 35.5. The standard InChI is InChI=1S/C33H44ClN5O4/c1-23-19-25(20-24(2)30(23)34)22-39(32(42)43)17-12-28(38-16-9-26-7-5-6-8-29(26)35-31(38)41)21-33(39,13-18-40)37-14-10-27(11-15-37)36(3)4/h5-8,18-20,27-28H,9-17,21-22H2,1-4H3,(H-,35,41,42,43)/p+1/t28?,33?,39-/m0/s1. The summed E-state index contributed by atoms with van der Waals surface area (Å²) in [6.07, 6.45) is 3.44. The average molecular weight is 611 g/mol. The Morgan fingerprint density at radius 1 is 1.14 bits per heavy atom. The number of urea groups is 1. The molecule has 0 bridgehead atoms. The van der Waals surface area contributed by atoms with Crippen LogP contribution in [0.25, 0.3) is 0 Å². The maximum atomic E-state index is 13.7. The van der Waals surface area contributed by atoms with Crippen molar-refractivity contribution in [2.24, 2.45) is 0 Å². The molecule has 2 aromatic carbocycles. The zero-order valence-corrected chi connectivity index (χ0v) is 26.6. The second-order valence-corrected chi connectivity index (χ2v) is 13.3. The van der Waals surface area contributed by atoms with Crippen LogP contribution >= 0.6 is 11.6 Å². The highest BCUT2D eigenvalue weighted by Crippen LogP contribution is 2.46. The van der Waals surface area contributed by atoms with E-state index in [1.807, 2.05) is 55.1 Å². The number of quaternary nitrogens is 1. The number of hydrogen-bond acceptors (Lipinski definition) is 5. The molecular formula is C33H45ClN5O4+. The average Bonchev–Trinajstić information content (AvgIpc) is 3.14. The molecule has 2 aromatic rings. The van der Waals surface area contributed by atoms with Crippen molar-refractivity contribution in [2.75, 3.05) is 45.6 Å². The molecule has 0 saturated carbocycles. The lowest BCUT2D eigenvalue weighted by Crippen LogP contribution is -2.78. The maximum absolute atomic E-state index is 13.7. The highest BCUT2D eigenvalue weighted by Gasteiger charge is 2.64. The minimum absolute atomic E-state index is 0.0731. The molecule has 3 aliphatic rings. The Labute approximate surface area is 260 Å². The lowest BCUT2D eigenvalue weighted by molar-refractivity contribution is -0.942. The van der Waals surface area contributed by atoms with Crippen molar-refractivity contribution in [1.29, 1.82) is 0 Å². The van der Waals surface area contributed by atoms with Crippen molar-refractivity contribution < 1.29 is 24.0 Å². The van der Waals surface area contributed by atoms with E-state index in [1.54, 1.807) is 0 Å². The Morgan fingerprint density at radius 3 is 2.44 bits per heavy atom. The van der Waals surface area contributed by atoms with E-state index in [-0.39, 0.29) is 29.5 Å². The van der Waals surface area contributed by atoms with E-state index in [9.17, 15) is 19.5 Å². The Bertz CT molecular complexity index is 1350. The molecule has 3 amide bonds. The van der Waals surface area contributed by atoms with E-state index >= 15 is 0 Å². The molecule has 232 valence electrons. The van der Waals surface area contributed by atoms with Gasteiger partial charge in [0.1, 0.15) is 12.8 Å². The first-order valence-corrected chi connectivity index (χ1v) is 15.8. The van der Waals surface area contributed by atoms with E-state index in [0.29, 0.717) is 56.5 Å². The quantitative estimate of drug-likeness (QED) is 0.317. The molecule has 3 aliphatic heterocycles. The first kappa shape index (κ1) is 31.4. The summed E-state index contributed by atoms with van der Waals surface area (Å²) in [6.45, 7) is 6.34. The highest BCUT2D eigenvalue weighted by molar-refractivity contribution is 6.32. The summed E-state index contributed by atoms with van der Waals surface area (Å²) in [4.78, 5) is 46.3. The van der Waals surface area contributed by atoms with Gasteiger partial charge in [0.2, 0.25) is 0 Å². The summed E-state index contributed by atoms with van der Waals surface area (Å²) in [7, 11) is 4.16. The van der Waals surface area contributed by atoms with Crippen molar-refractivity contribution in [3.8, 4) is 0 Å². The number of likely N-dealkylation sites (tertiary alicyclic amines) is 2. The largest absolute Gasteiger partial charge is 0.515 e. The zero-order valence-electron chi connectivity index (χ0n) is 25.8. The molecule has 0 spiro atoms. The monoisotopic (exact) mass is 610 g/mol. The molecule has 2 unspecified atom stereocenters. The second-order valence-electron chi connectivity index (χ2n) is 12.9. The Kier molecular flexibility index (Phi) is 9.18. The van der Waals surface area contributed by atoms with E-state index in [0.717, 1.165) is 47.1 Å². The number of nitrogens with one attached hydrogen (secondary N) is 1. The summed E-state index contributed by atoms with van der Waals surface area (Å²) < 4.78 is -0.273. The van der Waals surface area contributed by atoms with Crippen LogP contribution in [0.2, 0.25) is 5.02 Å². The van der Waals surface area contributed by atoms with Gasteiger partial charge in [-0.25, -0.2) is 9.28 Å². The molecule has 2 N–H and O–H groups in total. The molecule has 2 saturated heterocycles. The van der Waals surface area contributed by atoms with E-state index in [4.69, 9.17) is 11.6 Å². The molecular weight excluding hydrogens is 566 g/mol. The minimum atomic E-state index is -1.02. The number of anilines is 1. The van der Waals surface area contributed by atoms with E-state index in [2.05, 4.69) is 29.2 Å². The van der Waals surface area contributed by atoms with Crippen LogP contribution in [0, 0.1) is 13.8 Å². The minimum Gasteiger partial charge on any atom is -0.435 e. The second kappa shape index (κ2) is 12.6. The van der Waals surface area contributed by atoms with Gasteiger partial charge >= 0.3 is 12.1 Å². The molecule has 0 aliphatic carbocycles. The van der Waals surface area contributed by atoms with Crippen LogP contribution in [-0.2, 0) is 17.8 Å². The van der Waals surface area contributed by atoms with Crippen molar-refractivity contribution in [3.63, 3.8) is 0 Å². The number of carbonyl (C=O) groups excluding carboxylic acids is 2. The maximum Gasteiger partial charge on any atom is 0.515 e. The number of carbonyl (C=O) groups is 3. The number of hydrogen-bond donors (Lipinski definition) is 2. The van der Waals surface area contributed by atoms with Gasteiger partial charge in [0.05, 0.1) is 13.0 Å². The number of fused-ring (bicyclic) bond motifs is 1. The summed E-state index contributed by atoms with van der Waals surface area (Å²) in [5.74, 6) is 0. The fourth-order valence-corrected chi connectivity index (χ4v) is 8.07. The number of halogens is 1. The van der Waals surface area contributed by atoms with Crippen LogP contribution in [0.15, 0.2) is 36.4 Å². The van der Waals surface area contributed by atoms with Gasteiger partial charge < -0.3 is 25.0 Å². The van der Waals surface area contributed by atoms with Crippen LogP contribution in [0.4, 0.5) is 15.3 Å². The van der Waals surface area contributed by atoms with E-state index < -0.39 is 11.8 Å². The molecule has 43 heavy (non-hydrogen) atoms. The fraction of sp³-hybridized carbons (Fsp3) is 0.545. The lowest BCUT2D eigenvalue weighted by atomic mass is 9.81. The normalized spacial score (nSPS) is 27.0. The number of rotatable bonds is 7. The molecule has 5 rings (SSSR count). The van der Waals surface area contributed by atoms with E-state index in [1.165, 1.54) is 0 Å². The fourth-order valence-electron chi connectivity index (χ4n) is 7.96. The van der Waals surface area contributed by atoms with Crippen LogP contribution in [0.3, 0.4) is 0 Å². The number of benzene rings is 2. The number of aryl methyl sites for hydroxylation is 2. The molecule has 2 fully saturated rings. The predicted molar refractivity (Wildman–Crippen MR) is 168 cm³/mol. The van der Waals surface area contributed by atoms with Crippen molar-refractivity contribution in [2.45, 2.75) is 76.7 Å². The summed E-state index contributed by atoms with van der Waals surface area (Å²) >= 11 is 6.50. The Morgan fingerprint density at radius 2 is 1.81 bits per heavy atom. The number of nitrogens with zero attached hydrogens (tertiary/aromatic N) is 4. The first-order chi connectivity index (χ1) is 20.5. The topological polar surface area (TPSA) is 93.2 Å². The molecule has 10 heteroatoms. The number of piperidine rings is 2. The van der Waals surface area contributed by atoms with Gasteiger partial charge in [-0.3, -0.25) is 4.90 Å². The van der Waals surface area contributed by atoms with Gasteiger partial charge in [-0.05, 0) is 82.1 Å². The van der Waals surface area contributed by atoms with Gasteiger partial charge in [0.15, 0.2) is 5.66 Å². The number of para-hydroxylation sites is 1. The van der Waals surface area contributed by atoms with Crippen LogP contribution in [0.5, 0.6) is 0 Å². The van der Waals surface area contributed by atoms with Gasteiger partial charge in [0.25, 0.3) is 0 Å². The Hall–Kier alpha value is -2.98. The first-order valence-electron chi connectivity index (χ1n) is 15.4. The number of carboxylic acid groups (broad SMARTS) is 1. The molecule has 3 heterocycles. The smallest absolute Gasteiger partial charge is 0.435 e. The summed E-state index contributed by atoms with van der Waals surface area (Å²) in [5, 5.41) is 15.0. The molecule has 3 atom stereocenters. The number of amides is 3. The summed E-state index contributed by atoms with van der Waals surface area (Å²) in [6, 6.07) is 11.8. The van der Waals surface area contributed by atoms with Gasteiger partial charge in [-0.15, -0.1) is 0 Å². The number of aldehydes is 1. The predicted octanol–water partition coefficient (Wildman–Crippen LogP) is 5.52. The third-order valence-corrected chi connectivity index (χ3v) is 10.9. The van der Waals surface area contributed by atoms with Gasteiger partial charge in [-0.1, -0.05) is 29.8 Å². The van der Waals surface area contributed by atoms with Gasteiger partial charge in [-0.2, -0.15) is 4.79 Å². The molecule has 0 aromatic heterocycles. The molecule has 0 radical (unpaired) electrons. The Balaban J connectivity index is 1.56. The lowest BCUT2D eigenvalue weighted by Gasteiger charge is -2.59. The van der Waals surface area contributed by atoms with Crippen molar-refractivity contribution in [3.05, 3.63) is 63.7 Å². The zero-order chi connectivity index (χ0) is 30.9. The third kappa shape index (κ3) is 5.80. The third-order valence-electron chi connectivity index (χ3n) is 10.3. The summed E-state index contributed by atoms with van der Waals surface area (Å²) in [5.41, 5.74) is 3.59.